The molecule has 1 aromatic carbocycles. The molecule has 20 heavy (non-hydrogen) atoms. The summed E-state index contributed by atoms with van der Waals surface area (Å²) in [5, 5.41) is 0. The van der Waals surface area contributed by atoms with E-state index in [1.54, 1.807) is 0 Å². The maximum Gasteiger partial charge on any atom is 0.133 e. The van der Waals surface area contributed by atoms with Gasteiger partial charge in [-0.05, 0) is 60.8 Å². The molecule has 3 rings (SSSR count). The van der Waals surface area contributed by atoms with E-state index in [2.05, 4.69) is 20.9 Å². The number of hydrogen-bond acceptors (Lipinski definition) is 3. The van der Waals surface area contributed by atoms with Gasteiger partial charge in [-0.25, -0.2) is 9.97 Å². The zero-order chi connectivity index (χ0) is 14.1. The third-order valence-electron chi connectivity index (χ3n) is 3.18. The highest BCUT2D eigenvalue weighted by atomic mass is 79.9. The van der Waals surface area contributed by atoms with Gasteiger partial charge in [-0.3, -0.25) is 0 Å². The molecule has 4 heteroatoms. The number of para-hydroxylation sites is 1. The van der Waals surface area contributed by atoms with Crippen molar-refractivity contribution in [3.05, 3.63) is 40.8 Å². The van der Waals surface area contributed by atoms with Crippen LogP contribution in [0.3, 0.4) is 0 Å². The molecule has 0 amide bonds. The van der Waals surface area contributed by atoms with Crippen molar-refractivity contribution in [2.45, 2.75) is 38.7 Å². The summed E-state index contributed by atoms with van der Waals surface area (Å²) < 4.78 is 6.72. The van der Waals surface area contributed by atoms with Crippen LogP contribution in [0.1, 0.15) is 38.4 Å². The SMILES string of the molecule is CC(C)Oc1ccccc1-c1cc(Br)nc(C2CC2)n1. The van der Waals surface area contributed by atoms with Gasteiger partial charge in [0.1, 0.15) is 16.2 Å². The first-order valence-electron chi connectivity index (χ1n) is 6.94. The molecule has 3 nitrogen and oxygen atoms in total. The molecular weight excluding hydrogens is 316 g/mol. The summed E-state index contributed by atoms with van der Waals surface area (Å²) >= 11 is 3.49. The van der Waals surface area contributed by atoms with Crippen LogP contribution in [0.4, 0.5) is 0 Å². The zero-order valence-electron chi connectivity index (χ0n) is 11.6. The van der Waals surface area contributed by atoms with E-state index in [-0.39, 0.29) is 6.10 Å². The average Bonchev–Trinajstić information content (AvgIpc) is 3.22. The quantitative estimate of drug-likeness (QED) is 0.769. The van der Waals surface area contributed by atoms with Crippen molar-refractivity contribution >= 4 is 15.9 Å². The van der Waals surface area contributed by atoms with Gasteiger partial charge in [0.2, 0.25) is 0 Å². The van der Waals surface area contributed by atoms with Gasteiger partial charge < -0.3 is 4.74 Å². The first-order chi connectivity index (χ1) is 9.63. The highest BCUT2D eigenvalue weighted by Crippen LogP contribution is 2.40. The van der Waals surface area contributed by atoms with Gasteiger partial charge in [0.25, 0.3) is 0 Å². The number of nitrogens with zero attached hydrogens (tertiary/aromatic N) is 2. The second kappa shape index (κ2) is 5.52. The standard InChI is InChI=1S/C16H17BrN2O/c1-10(2)20-14-6-4-3-5-12(14)13-9-15(17)19-16(18-13)11-7-8-11/h3-6,9-11H,7-8H2,1-2H3. The van der Waals surface area contributed by atoms with E-state index in [0.29, 0.717) is 5.92 Å². The Labute approximate surface area is 127 Å². The first kappa shape index (κ1) is 13.6. The van der Waals surface area contributed by atoms with Gasteiger partial charge in [0.05, 0.1) is 11.8 Å². The second-order valence-corrected chi connectivity index (χ2v) is 6.18. The molecule has 0 N–H and O–H groups in total. The number of rotatable bonds is 4. The highest BCUT2D eigenvalue weighted by Gasteiger charge is 2.27. The summed E-state index contributed by atoms with van der Waals surface area (Å²) in [5.41, 5.74) is 1.94. The molecule has 1 heterocycles. The molecule has 1 aromatic heterocycles. The van der Waals surface area contributed by atoms with Crippen LogP contribution in [0.15, 0.2) is 34.9 Å². The molecule has 1 aliphatic carbocycles. The van der Waals surface area contributed by atoms with E-state index in [1.165, 1.54) is 12.8 Å². The van der Waals surface area contributed by atoms with Crippen molar-refractivity contribution in [1.29, 1.82) is 0 Å². The summed E-state index contributed by atoms with van der Waals surface area (Å²) in [6.45, 7) is 4.06. The Kier molecular flexibility index (Phi) is 3.74. The van der Waals surface area contributed by atoms with Crippen LogP contribution in [0.25, 0.3) is 11.3 Å². The Hall–Kier alpha value is -1.42. The molecule has 0 saturated heterocycles. The van der Waals surface area contributed by atoms with Crippen LogP contribution in [0.5, 0.6) is 5.75 Å². The summed E-state index contributed by atoms with van der Waals surface area (Å²) in [4.78, 5) is 9.19. The Bertz CT molecular complexity index is 624. The number of benzene rings is 1. The summed E-state index contributed by atoms with van der Waals surface area (Å²) in [6.07, 6.45) is 2.53. The maximum atomic E-state index is 5.88. The number of ether oxygens (including phenoxy) is 1. The molecule has 1 fully saturated rings. The number of halogens is 1. The smallest absolute Gasteiger partial charge is 0.133 e. The van der Waals surface area contributed by atoms with Gasteiger partial charge in [-0.15, -0.1) is 0 Å². The minimum absolute atomic E-state index is 0.143. The van der Waals surface area contributed by atoms with Crippen molar-refractivity contribution in [2.24, 2.45) is 0 Å². The molecule has 0 unspecified atom stereocenters. The largest absolute Gasteiger partial charge is 0.490 e. The van der Waals surface area contributed by atoms with Crippen molar-refractivity contribution < 1.29 is 4.74 Å². The minimum atomic E-state index is 0.143. The lowest BCUT2D eigenvalue weighted by Gasteiger charge is -2.14. The highest BCUT2D eigenvalue weighted by molar-refractivity contribution is 9.10. The molecule has 0 aliphatic heterocycles. The van der Waals surface area contributed by atoms with Crippen molar-refractivity contribution in [2.75, 3.05) is 0 Å². The van der Waals surface area contributed by atoms with Gasteiger partial charge in [0.15, 0.2) is 0 Å². The van der Waals surface area contributed by atoms with Gasteiger partial charge >= 0.3 is 0 Å². The van der Waals surface area contributed by atoms with Crippen molar-refractivity contribution in [1.82, 2.24) is 9.97 Å². The fraction of sp³-hybridized carbons (Fsp3) is 0.375. The topological polar surface area (TPSA) is 35.0 Å². The monoisotopic (exact) mass is 332 g/mol. The van der Waals surface area contributed by atoms with E-state index < -0.39 is 0 Å². The Balaban J connectivity index is 2.04. The fourth-order valence-corrected chi connectivity index (χ4v) is 2.53. The average molecular weight is 333 g/mol. The first-order valence-corrected chi connectivity index (χ1v) is 7.73. The van der Waals surface area contributed by atoms with Gasteiger partial charge in [0, 0.05) is 11.5 Å². The van der Waals surface area contributed by atoms with Crippen LogP contribution < -0.4 is 4.74 Å². The van der Waals surface area contributed by atoms with Crippen molar-refractivity contribution in [3.8, 4) is 17.0 Å². The van der Waals surface area contributed by atoms with E-state index >= 15 is 0 Å². The number of hydrogen-bond donors (Lipinski definition) is 0. The molecule has 0 bridgehead atoms. The molecular formula is C16H17BrN2O. The van der Waals surface area contributed by atoms with E-state index in [1.807, 2.05) is 44.2 Å². The predicted molar refractivity (Wildman–Crippen MR) is 82.9 cm³/mol. The van der Waals surface area contributed by atoms with Crippen LogP contribution in [-0.2, 0) is 0 Å². The molecule has 0 atom stereocenters. The van der Waals surface area contributed by atoms with Crippen LogP contribution in [0, 0.1) is 0 Å². The maximum absolute atomic E-state index is 5.88. The van der Waals surface area contributed by atoms with Crippen LogP contribution in [0.2, 0.25) is 0 Å². The lowest BCUT2D eigenvalue weighted by Crippen LogP contribution is -2.07. The molecule has 0 spiro atoms. The normalized spacial score (nSPS) is 14.6. The summed E-state index contributed by atoms with van der Waals surface area (Å²) in [7, 11) is 0. The number of aromatic nitrogens is 2. The van der Waals surface area contributed by atoms with E-state index in [9.17, 15) is 0 Å². The molecule has 0 radical (unpaired) electrons. The lowest BCUT2D eigenvalue weighted by atomic mass is 10.1. The third-order valence-corrected chi connectivity index (χ3v) is 3.59. The Morgan fingerprint density at radius 1 is 1.20 bits per heavy atom. The Morgan fingerprint density at radius 2 is 1.95 bits per heavy atom. The molecule has 1 aliphatic rings. The predicted octanol–water partition coefficient (Wildman–Crippen LogP) is 4.57. The fourth-order valence-electron chi connectivity index (χ4n) is 2.13. The van der Waals surface area contributed by atoms with Crippen LogP contribution in [-0.4, -0.2) is 16.1 Å². The minimum Gasteiger partial charge on any atom is -0.490 e. The van der Waals surface area contributed by atoms with Gasteiger partial charge in [-0.1, -0.05) is 12.1 Å². The molecule has 2 aromatic rings. The molecule has 104 valence electrons. The molecule has 1 saturated carbocycles. The zero-order valence-corrected chi connectivity index (χ0v) is 13.2. The third kappa shape index (κ3) is 3.01. The van der Waals surface area contributed by atoms with Crippen LogP contribution >= 0.6 is 15.9 Å². The second-order valence-electron chi connectivity index (χ2n) is 5.37. The Morgan fingerprint density at radius 3 is 2.65 bits per heavy atom. The van der Waals surface area contributed by atoms with Crippen molar-refractivity contribution in [3.63, 3.8) is 0 Å². The van der Waals surface area contributed by atoms with Gasteiger partial charge in [-0.2, -0.15) is 0 Å². The lowest BCUT2D eigenvalue weighted by molar-refractivity contribution is 0.243. The van der Waals surface area contributed by atoms with E-state index in [0.717, 1.165) is 27.4 Å². The van der Waals surface area contributed by atoms with E-state index in [4.69, 9.17) is 9.72 Å². The summed E-state index contributed by atoms with van der Waals surface area (Å²) in [6, 6.07) is 9.98. The summed E-state index contributed by atoms with van der Waals surface area (Å²) in [5.74, 6) is 2.34.